The molecule has 0 unspecified atom stereocenters. The molecule has 1 aliphatic heterocycles. The van der Waals surface area contributed by atoms with E-state index in [0.29, 0.717) is 0 Å². The number of hydrogen-bond donors (Lipinski definition) is 2. The topological polar surface area (TPSA) is 58.4 Å². The first kappa shape index (κ1) is 13.1. The molecule has 1 saturated heterocycles. The Balaban J connectivity index is 1.83. The van der Waals surface area contributed by atoms with Crippen molar-refractivity contribution in [2.75, 3.05) is 13.1 Å². The van der Waals surface area contributed by atoms with E-state index in [1.165, 1.54) is 11.1 Å². The molecule has 1 fully saturated rings. The van der Waals surface area contributed by atoms with Crippen LogP contribution in [-0.4, -0.2) is 23.9 Å². The number of hydrazine groups is 1. The normalized spacial score (nSPS) is 17.7. The zero-order valence-corrected chi connectivity index (χ0v) is 10.9. The van der Waals surface area contributed by atoms with Gasteiger partial charge in [0.25, 0.3) is 0 Å². The van der Waals surface area contributed by atoms with Gasteiger partial charge in [0.05, 0.1) is 0 Å². The molecule has 1 aromatic carbocycles. The van der Waals surface area contributed by atoms with Gasteiger partial charge in [-0.05, 0) is 38.4 Å². The number of benzene rings is 1. The molecule has 18 heavy (non-hydrogen) atoms. The van der Waals surface area contributed by atoms with Crippen molar-refractivity contribution in [2.24, 2.45) is 11.8 Å². The van der Waals surface area contributed by atoms with Crippen LogP contribution in [0.4, 0.5) is 0 Å². The van der Waals surface area contributed by atoms with Crippen LogP contribution in [-0.2, 0) is 11.3 Å². The van der Waals surface area contributed by atoms with Gasteiger partial charge in [-0.2, -0.15) is 0 Å². The highest BCUT2D eigenvalue weighted by molar-refractivity contribution is 5.78. The number of nitrogens with zero attached hydrogens (tertiary/aromatic N) is 1. The van der Waals surface area contributed by atoms with E-state index >= 15 is 0 Å². The van der Waals surface area contributed by atoms with E-state index in [2.05, 4.69) is 41.5 Å². The van der Waals surface area contributed by atoms with Gasteiger partial charge in [-0.25, -0.2) is 5.84 Å². The summed E-state index contributed by atoms with van der Waals surface area (Å²) in [5.41, 5.74) is 4.87. The summed E-state index contributed by atoms with van der Waals surface area (Å²) in [6, 6.07) is 8.63. The first-order valence-corrected chi connectivity index (χ1v) is 6.47. The van der Waals surface area contributed by atoms with Crippen molar-refractivity contribution in [3.63, 3.8) is 0 Å². The molecule has 1 aliphatic rings. The summed E-state index contributed by atoms with van der Waals surface area (Å²) in [5, 5.41) is 0. The molecule has 4 nitrogen and oxygen atoms in total. The fraction of sp³-hybridized carbons (Fsp3) is 0.500. The standard InChI is InChI=1S/C14H21N3O/c1-11-2-4-12(5-3-11)10-17-8-6-13(7-9-17)14(18)16-15/h2-5,13H,6-10,15H2,1H3,(H,16,18). The second-order valence-electron chi connectivity index (χ2n) is 5.04. The van der Waals surface area contributed by atoms with E-state index in [1.54, 1.807) is 0 Å². The Morgan fingerprint density at radius 1 is 1.33 bits per heavy atom. The molecule has 0 bridgehead atoms. The van der Waals surface area contributed by atoms with Crippen molar-refractivity contribution in [2.45, 2.75) is 26.3 Å². The fourth-order valence-corrected chi connectivity index (χ4v) is 2.42. The third-order valence-electron chi connectivity index (χ3n) is 3.63. The molecule has 4 heteroatoms. The van der Waals surface area contributed by atoms with Crippen LogP contribution in [0.5, 0.6) is 0 Å². The Hall–Kier alpha value is -1.39. The second kappa shape index (κ2) is 5.98. The maximum absolute atomic E-state index is 11.4. The number of likely N-dealkylation sites (tertiary alicyclic amines) is 1. The number of carbonyl (C=O) groups is 1. The Kier molecular flexibility index (Phi) is 4.33. The molecule has 3 N–H and O–H groups in total. The number of amides is 1. The lowest BCUT2D eigenvalue weighted by atomic mass is 9.96. The van der Waals surface area contributed by atoms with Crippen molar-refractivity contribution in [1.82, 2.24) is 10.3 Å². The van der Waals surface area contributed by atoms with Crippen LogP contribution in [0.3, 0.4) is 0 Å². The largest absolute Gasteiger partial charge is 0.299 e. The van der Waals surface area contributed by atoms with Gasteiger partial charge in [0.2, 0.25) is 5.91 Å². The van der Waals surface area contributed by atoms with Crippen LogP contribution in [0.2, 0.25) is 0 Å². The van der Waals surface area contributed by atoms with Crippen molar-refractivity contribution in [1.29, 1.82) is 0 Å². The van der Waals surface area contributed by atoms with Gasteiger partial charge in [0, 0.05) is 12.5 Å². The van der Waals surface area contributed by atoms with E-state index < -0.39 is 0 Å². The monoisotopic (exact) mass is 247 g/mol. The first-order valence-electron chi connectivity index (χ1n) is 6.47. The van der Waals surface area contributed by atoms with Crippen LogP contribution >= 0.6 is 0 Å². The average Bonchev–Trinajstić information content (AvgIpc) is 2.41. The molecule has 0 radical (unpaired) electrons. The molecular formula is C14H21N3O. The molecule has 0 saturated carbocycles. The summed E-state index contributed by atoms with van der Waals surface area (Å²) in [6.45, 7) is 5.00. The maximum Gasteiger partial charge on any atom is 0.237 e. The van der Waals surface area contributed by atoms with Crippen molar-refractivity contribution in [3.8, 4) is 0 Å². The smallest absolute Gasteiger partial charge is 0.237 e. The van der Waals surface area contributed by atoms with E-state index in [4.69, 9.17) is 5.84 Å². The lowest BCUT2D eigenvalue weighted by molar-refractivity contribution is -0.126. The summed E-state index contributed by atoms with van der Waals surface area (Å²) in [7, 11) is 0. The summed E-state index contributed by atoms with van der Waals surface area (Å²) >= 11 is 0. The SMILES string of the molecule is Cc1ccc(CN2CCC(C(=O)NN)CC2)cc1. The van der Waals surface area contributed by atoms with Crippen molar-refractivity contribution >= 4 is 5.91 Å². The van der Waals surface area contributed by atoms with Gasteiger partial charge < -0.3 is 0 Å². The van der Waals surface area contributed by atoms with Crippen LogP contribution in [0.25, 0.3) is 0 Å². The van der Waals surface area contributed by atoms with E-state index in [9.17, 15) is 4.79 Å². The van der Waals surface area contributed by atoms with Gasteiger partial charge in [-0.1, -0.05) is 29.8 Å². The highest BCUT2D eigenvalue weighted by atomic mass is 16.2. The van der Waals surface area contributed by atoms with Gasteiger partial charge in [-0.15, -0.1) is 0 Å². The molecule has 1 amide bonds. The van der Waals surface area contributed by atoms with Crippen LogP contribution in [0.1, 0.15) is 24.0 Å². The average molecular weight is 247 g/mol. The third kappa shape index (κ3) is 3.31. The quantitative estimate of drug-likeness (QED) is 0.479. The highest BCUT2D eigenvalue weighted by Crippen LogP contribution is 2.19. The minimum Gasteiger partial charge on any atom is -0.299 e. The van der Waals surface area contributed by atoms with Crippen LogP contribution < -0.4 is 11.3 Å². The van der Waals surface area contributed by atoms with Gasteiger partial charge in [0.1, 0.15) is 0 Å². The second-order valence-corrected chi connectivity index (χ2v) is 5.04. The van der Waals surface area contributed by atoms with Crippen molar-refractivity contribution < 1.29 is 4.79 Å². The Morgan fingerprint density at radius 2 is 1.94 bits per heavy atom. The minimum atomic E-state index is -0.0232. The van der Waals surface area contributed by atoms with Gasteiger partial charge >= 0.3 is 0 Å². The Morgan fingerprint density at radius 3 is 2.50 bits per heavy atom. The van der Waals surface area contributed by atoms with Crippen LogP contribution in [0, 0.1) is 12.8 Å². The molecule has 0 aromatic heterocycles. The van der Waals surface area contributed by atoms with Crippen LogP contribution in [0.15, 0.2) is 24.3 Å². The lowest BCUT2D eigenvalue weighted by Gasteiger charge is -2.30. The van der Waals surface area contributed by atoms with Gasteiger partial charge in [-0.3, -0.25) is 15.1 Å². The van der Waals surface area contributed by atoms with Gasteiger partial charge in [0.15, 0.2) is 0 Å². The number of rotatable bonds is 3. The summed E-state index contributed by atoms with van der Waals surface area (Å²) in [5.74, 6) is 5.23. The Bertz CT molecular complexity index is 394. The summed E-state index contributed by atoms with van der Waals surface area (Å²) < 4.78 is 0. The fourth-order valence-electron chi connectivity index (χ4n) is 2.42. The molecule has 1 aromatic rings. The first-order chi connectivity index (χ1) is 8.69. The minimum absolute atomic E-state index is 0.0232. The number of nitrogens with two attached hydrogens (primary N) is 1. The zero-order chi connectivity index (χ0) is 13.0. The molecule has 98 valence electrons. The van der Waals surface area contributed by atoms with E-state index in [0.717, 1.165) is 32.5 Å². The molecule has 0 atom stereocenters. The summed E-state index contributed by atoms with van der Waals surface area (Å²) in [4.78, 5) is 13.8. The molecule has 2 rings (SSSR count). The number of piperidine rings is 1. The van der Waals surface area contributed by atoms with E-state index in [-0.39, 0.29) is 11.8 Å². The number of hydrogen-bond acceptors (Lipinski definition) is 3. The third-order valence-corrected chi connectivity index (χ3v) is 3.63. The number of aryl methyl sites for hydroxylation is 1. The predicted octanol–water partition coefficient (Wildman–Crippen LogP) is 1.20. The molecule has 0 aliphatic carbocycles. The van der Waals surface area contributed by atoms with Crippen molar-refractivity contribution in [3.05, 3.63) is 35.4 Å². The number of nitrogens with one attached hydrogen (secondary N) is 1. The maximum atomic E-state index is 11.4. The number of carbonyl (C=O) groups excluding carboxylic acids is 1. The molecular weight excluding hydrogens is 226 g/mol. The molecule has 1 heterocycles. The molecule has 0 spiro atoms. The Labute approximate surface area is 108 Å². The lowest BCUT2D eigenvalue weighted by Crippen LogP contribution is -2.42. The zero-order valence-electron chi connectivity index (χ0n) is 10.9. The predicted molar refractivity (Wildman–Crippen MR) is 71.5 cm³/mol. The summed E-state index contributed by atoms with van der Waals surface area (Å²) in [6.07, 6.45) is 1.80. The highest BCUT2D eigenvalue weighted by Gasteiger charge is 2.24. The van der Waals surface area contributed by atoms with E-state index in [1.807, 2.05) is 0 Å².